The van der Waals surface area contributed by atoms with Gasteiger partial charge in [0.1, 0.15) is 0 Å². The van der Waals surface area contributed by atoms with Gasteiger partial charge in [0, 0.05) is 11.8 Å². The third kappa shape index (κ3) is 3.83. The maximum absolute atomic E-state index is 2.71. The Hall–Kier alpha value is -1.86. The number of fused-ring (bicyclic) bond motifs is 4. The van der Waals surface area contributed by atoms with Crippen LogP contribution in [-0.2, 0) is 10.8 Å². The first-order valence-corrected chi connectivity index (χ1v) is 17.6. The normalized spacial score (nSPS) is 25.4. The van der Waals surface area contributed by atoms with Crippen LogP contribution in [0.1, 0.15) is 96.9 Å². The second-order valence-corrected chi connectivity index (χ2v) is 21.1. The Morgan fingerprint density at radius 2 is 1.22 bits per heavy atom. The summed E-state index contributed by atoms with van der Waals surface area (Å²) in [7, 11) is -1.37. The predicted octanol–water partition coefficient (Wildman–Crippen LogP) is 10.2. The van der Waals surface area contributed by atoms with E-state index >= 15 is 0 Å². The zero-order chi connectivity index (χ0) is 26.6. The summed E-state index contributed by atoms with van der Waals surface area (Å²) in [6.07, 6.45) is 6.57. The van der Waals surface area contributed by atoms with Gasteiger partial charge in [-0.2, -0.15) is 0 Å². The summed E-state index contributed by atoms with van der Waals surface area (Å²) in [5, 5.41) is 1.66. The molecule has 0 nitrogen and oxygen atoms in total. The van der Waals surface area contributed by atoms with Crippen molar-refractivity contribution in [2.24, 2.45) is 16.7 Å². The van der Waals surface area contributed by atoms with Crippen molar-refractivity contribution < 1.29 is 0 Å². The molecule has 1 heteroatoms. The van der Waals surface area contributed by atoms with Gasteiger partial charge in [-0.05, 0) is 61.5 Å². The predicted molar refractivity (Wildman–Crippen MR) is 161 cm³/mol. The van der Waals surface area contributed by atoms with Gasteiger partial charge in [-0.15, -0.1) is 0 Å². The standard InChI is InChI=1S/C35H48Si/c1-32(2,3)22-13-15-25-27(17-22)28-18-23(33(4,5)6)14-16-26(28)31(25)35(9)21-34(7,8)29-19-24(20-30(29)35)36(10,11)12/h13-20,30-31H,21H2,1-12H3. The number of hydrogen-bond acceptors (Lipinski definition) is 0. The SMILES string of the molecule is CC1(C)CC(C)(C2c3ccc(C(C)(C)C)cc3-c3cc(C(C)(C)C)ccc32)C2C=C([Si](C)(C)C)C=C21. The quantitative estimate of drug-likeness (QED) is 0.363. The van der Waals surface area contributed by atoms with Crippen LogP contribution in [0.2, 0.25) is 19.6 Å². The average molecular weight is 497 g/mol. The van der Waals surface area contributed by atoms with Crippen molar-refractivity contribution in [2.75, 3.05) is 0 Å². The molecule has 0 heterocycles. The number of rotatable bonds is 2. The smallest absolute Gasteiger partial charge is 0.0772 e. The van der Waals surface area contributed by atoms with E-state index in [0.29, 0.717) is 11.8 Å². The topological polar surface area (TPSA) is 0 Å². The summed E-state index contributed by atoms with van der Waals surface area (Å²) in [5.74, 6) is 0.959. The fraction of sp³-hybridized carbons (Fsp3) is 0.543. The van der Waals surface area contributed by atoms with Crippen molar-refractivity contribution >= 4 is 8.07 Å². The Balaban J connectivity index is 1.74. The van der Waals surface area contributed by atoms with E-state index < -0.39 is 8.07 Å². The second kappa shape index (κ2) is 7.59. The highest BCUT2D eigenvalue weighted by Crippen LogP contribution is 2.68. The molecular formula is C35H48Si. The van der Waals surface area contributed by atoms with Crippen molar-refractivity contribution in [1.29, 1.82) is 0 Å². The third-order valence-electron chi connectivity index (χ3n) is 9.58. The molecule has 0 aromatic heterocycles. The molecule has 0 aliphatic heterocycles. The summed E-state index contributed by atoms with van der Waals surface area (Å²) in [6, 6.07) is 14.9. The van der Waals surface area contributed by atoms with Crippen molar-refractivity contribution in [2.45, 2.75) is 105 Å². The summed E-state index contributed by atoms with van der Waals surface area (Å²) in [6.45, 7) is 29.2. The fourth-order valence-electron chi connectivity index (χ4n) is 7.54. The molecule has 0 N–H and O–H groups in total. The molecule has 1 saturated carbocycles. The van der Waals surface area contributed by atoms with Crippen LogP contribution in [0.25, 0.3) is 11.1 Å². The lowest BCUT2D eigenvalue weighted by atomic mass is 9.65. The van der Waals surface area contributed by atoms with Gasteiger partial charge in [0.2, 0.25) is 0 Å². The van der Waals surface area contributed by atoms with Gasteiger partial charge in [0.25, 0.3) is 0 Å². The molecule has 2 unspecified atom stereocenters. The first kappa shape index (κ1) is 25.8. The minimum absolute atomic E-state index is 0.143. The molecule has 2 aromatic rings. The van der Waals surface area contributed by atoms with Gasteiger partial charge in [-0.25, -0.2) is 0 Å². The van der Waals surface area contributed by atoms with Crippen molar-refractivity contribution in [3.63, 3.8) is 0 Å². The molecule has 0 spiro atoms. The van der Waals surface area contributed by atoms with Crippen LogP contribution in [0, 0.1) is 16.7 Å². The van der Waals surface area contributed by atoms with E-state index in [1.165, 1.54) is 28.7 Å². The zero-order valence-corrected chi connectivity index (χ0v) is 26.0. The molecule has 5 rings (SSSR count). The molecule has 0 bridgehead atoms. The van der Waals surface area contributed by atoms with Gasteiger partial charge in [0.15, 0.2) is 0 Å². The van der Waals surface area contributed by atoms with Crippen LogP contribution in [0.4, 0.5) is 0 Å². The minimum Gasteiger partial charge on any atom is -0.0775 e. The van der Waals surface area contributed by atoms with Crippen LogP contribution in [0.3, 0.4) is 0 Å². The molecule has 1 fully saturated rings. The molecule has 2 atom stereocenters. The van der Waals surface area contributed by atoms with E-state index in [4.69, 9.17) is 0 Å². The monoisotopic (exact) mass is 496 g/mol. The summed E-state index contributed by atoms with van der Waals surface area (Å²) in [5.41, 5.74) is 11.3. The van der Waals surface area contributed by atoms with E-state index in [1.807, 2.05) is 0 Å². The van der Waals surface area contributed by atoms with Crippen molar-refractivity contribution in [3.05, 3.63) is 81.6 Å². The summed E-state index contributed by atoms with van der Waals surface area (Å²) in [4.78, 5) is 0. The van der Waals surface area contributed by atoms with Crippen LogP contribution in [0.5, 0.6) is 0 Å². The molecule has 2 aromatic carbocycles. The Morgan fingerprint density at radius 1 is 0.750 bits per heavy atom. The first-order chi connectivity index (χ1) is 16.3. The first-order valence-electron chi connectivity index (χ1n) is 14.1. The van der Waals surface area contributed by atoms with Gasteiger partial charge in [-0.1, -0.05) is 141 Å². The Kier molecular flexibility index (Phi) is 5.44. The highest BCUT2D eigenvalue weighted by molar-refractivity contribution is 6.83. The molecule has 192 valence electrons. The highest BCUT2D eigenvalue weighted by Gasteiger charge is 2.57. The largest absolute Gasteiger partial charge is 0.0775 e. The molecule has 3 aliphatic rings. The van der Waals surface area contributed by atoms with E-state index in [1.54, 1.807) is 21.9 Å². The van der Waals surface area contributed by atoms with Crippen molar-refractivity contribution in [3.8, 4) is 11.1 Å². The van der Waals surface area contributed by atoms with E-state index in [0.717, 1.165) is 0 Å². The van der Waals surface area contributed by atoms with Crippen LogP contribution in [-0.4, -0.2) is 8.07 Å². The van der Waals surface area contributed by atoms with Gasteiger partial charge in [-0.3, -0.25) is 0 Å². The Bertz CT molecular complexity index is 1230. The highest BCUT2D eigenvalue weighted by atomic mass is 28.3. The molecule has 0 amide bonds. The van der Waals surface area contributed by atoms with Crippen LogP contribution < -0.4 is 0 Å². The minimum atomic E-state index is -1.37. The van der Waals surface area contributed by atoms with Crippen LogP contribution in [0.15, 0.2) is 59.3 Å². The molecule has 0 saturated heterocycles. The Morgan fingerprint density at radius 3 is 1.64 bits per heavy atom. The lowest BCUT2D eigenvalue weighted by Crippen LogP contribution is -2.30. The molecule has 3 aliphatic carbocycles. The van der Waals surface area contributed by atoms with E-state index in [9.17, 15) is 0 Å². The molecule has 36 heavy (non-hydrogen) atoms. The van der Waals surface area contributed by atoms with Gasteiger partial charge >= 0.3 is 0 Å². The van der Waals surface area contributed by atoms with Crippen molar-refractivity contribution in [1.82, 2.24) is 0 Å². The fourth-order valence-corrected chi connectivity index (χ4v) is 8.80. The molecule has 0 radical (unpaired) electrons. The molecular weight excluding hydrogens is 448 g/mol. The lowest BCUT2D eigenvalue weighted by molar-refractivity contribution is 0.220. The zero-order valence-electron chi connectivity index (χ0n) is 25.0. The average Bonchev–Trinajstić information content (AvgIpc) is 3.37. The van der Waals surface area contributed by atoms with Gasteiger partial charge in [0.05, 0.1) is 8.07 Å². The second-order valence-electron chi connectivity index (χ2n) is 16.1. The van der Waals surface area contributed by atoms with Crippen LogP contribution >= 0.6 is 0 Å². The van der Waals surface area contributed by atoms with E-state index in [2.05, 4.69) is 131 Å². The summed E-state index contributed by atoms with van der Waals surface area (Å²) < 4.78 is 0. The third-order valence-corrected chi connectivity index (χ3v) is 11.6. The number of hydrogen-bond donors (Lipinski definition) is 0. The summed E-state index contributed by atoms with van der Waals surface area (Å²) >= 11 is 0. The van der Waals surface area contributed by atoms with E-state index in [-0.39, 0.29) is 21.7 Å². The number of allylic oxidation sites excluding steroid dienone is 4. The number of benzene rings is 2. The maximum Gasteiger partial charge on any atom is 0.0772 e. The van der Waals surface area contributed by atoms with Gasteiger partial charge < -0.3 is 0 Å². The Labute approximate surface area is 222 Å². The lowest BCUT2D eigenvalue weighted by Gasteiger charge is -2.38. The maximum atomic E-state index is 2.71.